The van der Waals surface area contributed by atoms with Crippen LogP contribution in [0.25, 0.3) is 5.57 Å². The number of benzene rings is 1. The van der Waals surface area contributed by atoms with Crippen LogP contribution < -0.4 is 0 Å². The van der Waals surface area contributed by atoms with Crippen molar-refractivity contribution in [2.45, 2.75) is 13.3 Å². The molecule has 0 saturated heterocycles. The lowest BCUT2D eigenvalue weighted by Crippen LogP contribution is -2.38. The van der Waals surface area contributed by atoms with Crippen LogP contribution in [0, 0.1) is 0 Å². The zero-order valence-corrected chi connectivity index (χ0v) is 13.9. The molecule has 1 amide bonds. The first-order valence-electron chi connectivity index (χ1n) is 7.11. The van der Waals surface area contributed by atoms with Gasteiger partial charge in [0.1, 0.15) is 0 Å². The monoisotopic (exact) mass is 335 g/mol. The highest BCUT2D eigenvalue weighted by atomic mass is 35.5. The van der Waals surface area contributed by atoms with E-state index in [1.165, 1.54) is 12.0 Å². The fraction of sp³-hybridized carbons (Fsp3) is 0.294. The van der Waals surface area contributed by atoms with Crippen molar-refractivity contribution in [2.24, 2.45) is 0 Å². The highest BCUT2D eigenvalue weighted by Crippen LogP contribution is 2.29. The van der Waals surface area contributed by atoms with Crippen LogP contribution in [0.4, 0.5) is 4.79 Å². The van der Waals surface area contributed by atoms with Crippen LogP contribution in [0.2, 0.25) is 5.02 Å². The zero-order chi connectivity index (χ0) is 17.0. The van der Waals surface area contributed by atoms with Crippen LogP contribution in [0.3, 0.4) is 0 Å². The predicted octanol–water partition coefficient (Wildman–Crippen LogP) is 3.64. The normalized spacial score (nSPS) is 14.5. The lowest BCUT2D eigenvalue weighted by Gasteiger charge is -2.29. The highest BCUT2D eigenvalue weighted by molar-refractivity contribution is 6.30. The van der Waals surface area contributed by atoms with Crippen LogP contribution in [-0.2, 0) is 14.3 Å². The Kier molecular flexibility index (Phi) is 5.45. The number of amides is 1. The number of carbonyl (C=O) groups excluding carboxylic acids is 2. The third-order valence-electron chi connectivity index (χ3n) is 3.49. The first-order chi connectivity index (χ1) is 10.9. The summed E-state index contributed by atoms with van der Waals surface area (Å²) in [6.45, 7) is 5.73. The van der Waals surface area contributed by atoms with Gasteiger partial charge in [0.15, 0.2) is 0 Å². The maximum Gasteiger partial charge on any atom is 0.415 e. The van der Waals surface area contributed by atoms with Gasteiger partial charge in [-0.2, -0.15) is 0 Å². The zero-order valence-electron chi connectivity index (χ0n) is 13.1. The predicted molar refractivity (Wildman–Crippen MR) is 87.9 cm³/mol. The number of methoxy groups -OCH3 is 1. The van der Waals surface area contributed by atoms with Crippen LogP contribution in [0.15, 0.2) is 42.2 Å². The number of hydrogen-bond acceptors (Lipinski definition) is 4. The second-order valence-electron chi connectivity index (χ2n) is 5.20. The molecule has 0 aromatic heterocycles. The first-order valence-corrected chi connectivity index (χ1v) is 7.48. The van der Waals surface area contributed by atoms with E-state index in [1.54, 1.807) is 19.1 Å². The largest absolute Gasteiger partial charge is 0.466 e. The maximum atomic E-state index is 12.1. The van der Waals surface area contributed by atoms with Gasteiger partial charge in [-0.3, -0.25) is 0 Å². The van der Waals surface area contributed by atoms with E-state index in [0.29, 0.717) is 29.3 Å². The van der Waals surface area contributed by atoms with E-state index in [9.17, 15) is 9.59 Å². The Morgan fingerprint density at radius 3 is 2.48 bits per heavy atom. The minimum absolute atomic E-state index is 0.136. The number of allylic oxidation sites excluding steroid dienone is 1. The number of esters is 1. The summed E-state index contributed by atoms with van der Waals surface area (Å²) in [4.78, 5) is 25.6. The third kappa shape index (κ3) is 4.13. The lowest BCUT2D eigenvalue weighted by molar-refractivity contribution is -0.136. The molecule has 1 aromatic rings. The molecule has 0 fully saturated rings. The molecule has 0 saturated carbocycles. The number of carbonyl (C=O) groups is 2. The second-order valence-corrected chi connectivity index (χ2v) is 5.63. The fourth-order valence-corrected chi connectivity index (χ4v) is 2.54. The van der Waals surface area contributed by atoms with Crippen LogP contribution >= 0.6 is 11.6 Å². The van der Waals surface area contributed by atoms with E-state index in [2.05, 4.69) is 6.58 Å². The van der Waals surface area contributed by atoms with E-state index in [0.717, 1.165) is 11.1 Å². The SMILES string of the molecule is C=C(C)OC(=O)N1CCC(c2ccc(Cl)cc2)=C(C(=O)OC)C1. The molecule has 0 unspecified atom stereocenters. The molecular formula is C17H18ClNO4. The van der Waals surface area contributed by atoms with Gasteiger partial charge in [0.05, 0.1) is 25.0 Å². The molecule has 0 aliphatic carbocycles. The molecule has 0 N–H and O–H groups in total. The summed E-state index contributed by atoms with van der Waals surface area (Å²) in [6, 6.07) is 7.23. The Bertz CT molecular complexity index is 664. The van der Waals surface area contributed by atoms with Gasteiger partial charge in [-0.25, -0.2) is 9.59 Å². The van der Waals surface area contributed by atoms with E-state index in [4.69, 9.17) is 21.1 Å². The average molecular weight is 336 g/mol. The molecule has 1 aromatic carbocycles. The molecule has 0 spiro atoms. The van der Waals surface area contributed by atoms with Crippen molar-refractivity contribution in [2.75, 3.05) is 20.2 Å². The minimum Gasteiger partial charge on any atom is -0.466 e. The standard InChI is InChI=1S/C17H18ClNO4/c1-11(2)23-17(21)19-9-8-14(15(10-19)16(20)22-3)12-4-6-13(18)7-5-12/h4-7H,1,8-10H2,2-3H3. The number of nitrogens with zero attached hydrogens (tertiary/aromatic N) is 1. The van der Waals surface area contributed by atoms with Gasteiger partial charge >= 0.3 is 12.1 Å². The van der Waals surface area contributed by atoms with Crippen LogP contribution in [0.1, 0.15) is 18.9 Å². The van der Waals surface area contributed by atoms with Gasteiger partial charge in [-0.15, -0.1) is 0 Å². The van der Waals surface area contributed by atoms with Gasteiger partial charge < -0.3 is 14.4 Å². The Morgan fingerprint density at radius 2 is 1.91 bits per heavy atom. The van der Waals surface area contributed by atoms with Gasteiger partial charge in [0.2, 0.25) is 0 Å². The van der Waals surface area contributed by atoms with Crippen molar-refractivity contribution >= 4 is 29.2 Å². The molecule has 0 atom stereocenters. The quantitative estimate of drug-likeness (QED) is 0.625. The van der Waals surface area contributed by atoms with Gasteiger partial charge in [0.25, 0.3) is 0 Å². The van der Waals surface area contributed by atoms with Gasteiger partial charge in [-0.05, 0) is 36.6 Å². The average Bonchev–Trinajstić information content (AvgIpc) is 2.53. The molecule has 0 bridgehead atoms. The molecule has 1 heterocycles. The van der Waals surface area contributed by atoms with E-state index in [1.807, 2.05) is 12.1 Å². The van der Waals surface area contributed by atoms with E-state index >= 15 is 0 Å². The van der Waals surface area contributed by atoms with Crippen molar-refractivity contribution in [3.63, 3.8) is 0 Å². The Labute approximate surface area is 140 Å². The number of hydrogen-bond donors (Lipinski definition) is 0. The minimum atomic E-state index is -0.519. The molecule has 5 nitrogen and oxygen atoms in total. The molecule has 1 aliphatic rings. The molecule has 0 radical (unpaired) electrons. The summed E-state index contributed by atoms with van der Waals surface area (Å²) in [5.74, 6) is -0.148. The smallest absolute Gasteiger partial charge is 0.415 e. The fourth-order valence-electron chi connectivity index (χ4n) is 2.41. The Hall–Kier alpha value is -2.27. The lowest BCUT2D eigenvalue weighted by atomic mass is 9.93. The summed E-state index contributed by atoms with van der Waals surface area (Å²) < 4.78 is 9.86. The molecule has 122 valence electrons. The van der Waals surface area contributed by atoms with E-state index < -0.39 is 12.1 Å². The number of rotatable bonds is 3. The van der Waals surface area contributed by atoms with Gasteiger partial charge in [-0.1, -0.05) is 30.3 Å². The van der Waals surface area contributed by atoms with Crippen LogP contribution in [-0.4, -0.2) is 37.2 Å². The van der Waals surface area contributed by atoms with E-state index in [-0.39, 0.29) is 6.54 Å². The highest BCUT2D eigenvalue weighted by Gasteiger charge is 2.28. The van der Waals surface area contributed by atoms with Crippen molar-refractivity contribution in [1.29, 1.82) is 0 Å². The molecular weight excluding hydrogens is 318 g/mol. The first kappa shape index (κ1) is 17.1. The summed E-state index contributed by atoms with van der Waals surface area (Å²) in [5, 5.41) is 0.622. The third-order valence-corrected chi connectivity index (χ3v) is 3.74. The van der Waals surface area contributed by atoms with Crippen molar-refractivity contribution < 1.29 is 19.1 Å². The topological polar surface area (TPSA) is 55.8 Å². The Balaban J connectivity index is 2.32. The second kappa shape index (κ2) is 7.33. The molecule has 2 rings (SSSR count). The van der Waals surface area contributed by atoms with Crippen molar-refractivity contribution in [1.82, 2.24) is 4.90 Å². The molecule has 23 heavy (non-hydrogen) atoms. The number of ether oxygens (including phenoxy) is 2. The Morgan fingerprint density at radius 1 is 1.26 bits per heavy atom. The molecule has 6 heteroatoms. The summed E-state index contributed by atoms with van der Waals surface area (Å²) in [6.07, 6.45) is 0.00577. The number of halogens is 1. The van der Waals surface area contributed by atoms with Crippen molar-refractivity contribution in [3.05, 3.63) is 52.8 Å². The van der Waals surface area contributed by atoms with Crippen LogP contribution in [0.5, 0.6) is 0 Å². The summed E-state index contributed by atoms with van der Waals surface area (Å²) in [7, 11) is 1.32. The molecule has 1 aliphatic heterocycles. The summed E-state index contributed by atoms with van der Waals surface area (Å²) in [5.41, 5.74) is 2.19. The van der Waals surface area contributed by atoms with Gasteiger partial charge in [0, 0.05) is 11.6 Å². The maximum absolute atomic E-state index is 12.1. The summed E-state index contributed by atoms with van der Waals surface area (Å²) >= 11 is 5.90. The van der Waals surface area contributed by atoms with Crippen molar-refractivity contribution in [3.8, 4) is 0 Å².